The summed E-state index contributed by atoms with van der Waals surface area (Å²) >= 11 is 0. The number of anilines is 1. The number of hydrogen-bond acceptors (Lipinski definition) is 5. The Kier molecular flexibility index (Phi) is 5.16. The zero-order chi connectivity index (χ0) is 18.9. The maximum Gasteiger partial charge on any atom is 0.263 e. The molecule has 1 fully saturated rings. The highest BCUT2D eigenvalue weighted by molar-refractivity contribution is 7.92. The first-order valence-electron chi connectivity index (χ1n) is 8.91. The Morgan fingerprint density at radius 3 is 2.58 bits per heavy atom. The lowest BCUT2D eigenvalue weighted by Gasteiger charge is -2.38. The van der Waals surface area contributed by atoms with Gasteiger partial charge in [0, 0.05) is 12.1 Å². The summed E-state index contributed by atoms with van der Waals surface area (Å²) in [6, 6.07) is 6.89. The van der Waals surface area contributed by atoms with E-state index in [9.17, 15) is 13.2 Å². The number of carbonyl (C=O) groups is 1. The third-order valence-electron chi connectivity index (χ3n) is 5.50. The minimum Gasteiger partial charge on any atom is -0.476 e. The van der Waals surface area contributed by atoms with Gasteiger partial charge in [-0.25, -0.2) is 8.42 Å². The molecule has 8 heteroatoms. The molecule has 26 heavy (non-hydrogen) atoms. The molecule has 3 rings (SSSR count). The van der Waals surface area contributed by atoms with Crippen LogP contribution in [-0.4, -0.2) is 64.3 Å². The van der Waals surface area contributed by atoms with Crippen molar-refractivity contribution in [1.82, 2.24) is 10.2 Å². The molecule has 0 saturated heterocycles. The van der Waals surface area contributed by atoms with Crippen LogP contribution in [0.1, 0.15) is 25.7 Å². The van der Waals surface area contributed by atoms with Crippen LogP contribution < -0.4 is 14.4 Å². The van der Waals surface area contributed by atoms with Crippen LogP contribution in [0.5, 0.6) is 5.75 Å². The molecule has 1 saturated carbocycles. The van der Waals surface area contributed by atoms with E-state index in [0.717, 1.165) is 31.9 Å². The number of fused-ring (bicyclic) bond motifs is 1. The average Bonchev–Trinajstić information content (AvgIpc) is 3.08. The van der Waals surface area contributed by atoms with Crippen molar-refractivity contribution in [3.05, 3.63) is 24.3 Å². The van der Waals surface area contributed by atoms with Gasteiger partial charge in [0.2, 0.25) is 10.0 Å². The zero-order valence-corrected chi connectivity index (χ0v) is 16.4. The van der Waals surface area contributed by atoms with E-state index in [0.29, 0.717) is 18.0 Å². The summed E-state index contributed by atoms with van der Waals surface area (Å²) in [6.07, 6.45) is 4.68. The van der Waals surface area contributed by atoms with Gasteiger partial charge in [0.15, 0.2) is 6.10 Å². The maximum atomic E-state index is 12.7. The monoisotopic (exact) mass is 381 g/mol. The lowest BCUT2D eigenvalue weighted by Crippen LogP contribution is -2.55. The predicted molar refractivity (Wildman–Crippen MR) is 101 cm³/mol. The molecule has 2 aliphatic rings. The Morgan fingerprint density at radius 1 is 1.31 bits per heavy atom. The summed E-state index contributed by atoms with van der Waals surface area (Å²) in [5.74, 6) is 0.133. The number of ether oxygens (including phenoxy) is 1. The van der Waals surface area contributed by atoms with Crippen molar-refractivity contribution in [1.29, 1.82) is 0 Å². The van der Waals surface area contributed by atoms with Gasteiger partial charge >= 0.3 is 0 Å². The van der Waals surface area contributed by atoms with Gasteiger partial charge in [0.25, 0.3) is 5.91 Å². The molecule has 1 atom stereocenters. The fourth-order valence-electron chi connectivity index (χ4n) is 3.83. The lowest BCUT2D eigenvalue weighted by atomic mass is 9.96. The highest BCUT2D eigenvalue weighted by atomic mass is 32.2. The molecule has 0 radical (unpaired) electrons. The first-order chi connectivity index (χ1) is 12.2. The number of likely N-dealkylation sites (N-methyl/N-ethyl adjacent to an activating group) is 1. The summed E-state index contributed by atoms with van der Waals surface area (Å²) in [5.41, 5.74) is 0.443. The normalized spacial score (nSPS) is 22.0. The van der Waals surface area contributed by atoms with Crippen molar-refractivity contribution in [2.45, 2.75) is 37.3 Å². The first-order valence-corrected chi connectivity index (χ1v) is 10.8. The third kappa shape index (κ3) is 3.66. The quantitative estimate of drug-likeness (QED) is 0.829. The fourth-order valence-corrected chi connectivity index (χ4v) is 4.75. The predicted octanol–water partition coefficient (Wildman–Crippen LogP) is 1.20. The molecule has 1 amide bonds. The highest BCUT2D eigenvalue weighted by Gasteiger charge is 2.39. The average molecular weight is 381 g/mol. The Balaban J connectivity index is 1.74. The summed E-state index contributed by atoms with van der Waals surface area (Å²) in [5, 5.41) is 2.99. The lowest BCUT2D eigenvalue weighted by molar-refractivity contribution is -0.128. The fraction of sp³-hybridized carbons (Fsp3) is 0.611. The molecule has 0 bridgehead atoms. The maximum absolute atomic E-state index is 12.7. The molecule has 7 nitrogen and oxygen atoms in total. The second-order valence-corrected chi connectivity index (χ2v) is 9.32. The van der Waals surface area contributed by atoms with Crippen LogP contribution in [0.2, 0.25) is 0 Å². The van der Waals surface area contributed by atoms with Gasteiger partial charge in [-0.3, -0.25) is 9.10 Å². The van der Waals surface area contributed by atoms with E-state index in [4.69, 9.17) is 4.74 Å². The molecule has 1 aliphatic heterocycles. The number of nitrogens with one attached hydrogen (secondary N) is 1. The standard InChI is InChI=1S/C18H27N3O4S/c1-20(2)18(10-6-7-11-18)13-19-17(22)16-12-21(26(3,23)24)14-8-4-5-9-15(14)25-16/h4-5,8-9,16H,6-7,10-13H2,1-3H3,(H,19,22)/t16-/m1/s1. The minimum absolute atomic E-state index is 0.0172. The van der Waals surface area contributed by atoms with Crippen LogP contribution in [0.15, 0.2) is 24.3 Å². The van der Waals surface area contributed by atoms with Crippen LogP contribution in [-0.2, 0) is 14.8 Å². The summed E-state index contributed by atoms with van der Waals surface area (Å²) in [4.78, 5) is 14.9. The molecule has 0 spiro atoms. The number of nitrogens with zero attached hydrogens (tertiary/aromatic N) is 2. The van der Waals surface area contributed by atoms with Crippen molar-refractivity contribution >= 4 is 21.6 Å². The van der Waals surface area contributed by atoms with Crippen molar-refractivity contribution in [3.63, 3.8) is 0 Å². The van der Waals surface area contributed by atoms with Gasteiger partial charge in [-0.1, -0.05) is 25.0 Å². The topological polar surface area (TPSA) is 79.0 Å². The Bertz CT molecular complexity index is 772. The van der Waals surface area contributed by atoms with Gasteiger partial charge in [0.05, 0.1) is 18.5 Å². The number of para-hydroxylation sites is 2. The summed E-state index contributed by atoms with van der Waals surface area (Å²) < 4.78 is 31.4. The number of sulfonamides is 1. The molecular formula is C18H27N3O4S. The van der Waals surface area contributed by atoms with Gasteiger partial charge in [-0.2, -0.15) is 0 Å². The molecule has 1 heterocycles. The Hall–Kier alpha value is -1.80. The van der Waals surface area contributed by atoms with E-state index in [2.05, 4.69) is 10.2 Å². The third-order valence-corrected chi connectivity index (χ3v) is 6.65. The van der Waals surface area contributed by atoms with E-state index in [1.54, 1.807) is 24.3 Å². The Morgan fingerprint density at radius 2 is 1.96 bits per heavy atom. The number of rotatable bonds is 5. The van der Waals surface area contributed by atoms with Crippen LogP contribution in [0.3, 0.4) is 0 Å². The molecule has 1 aromatic rings. The second kappa shape index (κ2) is 7.08. The molecule has 0 aromatic heterocycles. The van der Waals surface area contributed by atoms with Crippen LogP contribution in [0, 0.1) is 0 Å². The zero-order valence-electron chi connectivity index (χ0n) is 15.6. The molecule has 144 valence electrons. The first kappa shape index (κ1) is 19.0. The number of benzene rings is 1. The Labute approximate surface area is 155 Å². The molecule has 1 aromatic carbocycles. The highest BCUT2D eigenvalue weighted by Crippen LogP contribution is 2.35. The van der Waals surface area contributed by atoms with Gasteiger partial charge in [-0.15, -0.1) is 0 Å². The number of amides is 1. The number of carbonyl (C=O) groups excluding carboxylic acids is 1. The summed E-state index contributed by atoms with van der Waals surface area (Å²) in [6.45, 7) is 0.524. The van der Waals surface area contributed by atoms with Crippen molar-refractivity contribution < 1.29 is 17.9 Å². The minimum atomic E-state index is -3.50. The smallest absolute Gasteiger partial charge is 0.263 e. The van der Waals surface area contributed by atoms with Crippen molar-refractivity contribution in [2.24, 2.45) is 0 Å². The van der Waals surface area contributed by atoms with Crippen LogP contribution >= 0.6 is 0 Å². The van der Waals surface area contributed by atoms with Crippen LogP contribution in [0.25, 0.3) is 0 Å². The second-order valence-electron chi connectivity index (χ2n) is 7.41. The number of hydrogen-bond donors (Lipinski definition) is 1. The van der Waals surface area contributed by atoms with E-state index >= 15 is 0 Å². The molecular weight excluding hydrogens is 354 g/mol. The van der Waals surface area contributed by atoms with Gasteiger partial charge < -0.3 is 15.0 Å². The molecule has 1 N–H and O–H groups in total. The largest absolute Gasteiger partial charge is 0.476 e. The van der Waals surface area contributed by atoms with E-state index in [1.807, 2.05) is 14.1 Å². The van der Waals surface area contributed by atoms with E-state index < -0.39 is 16.1 Å². The van der Waals surface area contributed by atoms with E-state index in [1.165, 1.54) is 4.31 Å². The SMILES string of the molecule is CN(C)C1(CNC(=O)[C@H]2CN(S(C)(=O)=O)c3ccccc3O2)CCCC1. The molecule has 0 unspecified atom stereocenters. The van der Waals surface area contributed by atoms with Crippen molar-refractivity contribution in [3.8, 4) is 5.75 Å². The molecule has 1 aliphatic carbocycles. The van der Waals surface area contributed by atoms with E-state index in [-0.39, 0.29) is 18.0 Å². The van der Waals surface area contributed by atoms with Crippen molar-refractivity contribution in [2.75, 3.05) is 37.7 Å². The van der Waals surface area contributed by atoms with Gasteiger partial charge in [0.1, 0.15) is 5.75 Å². The van der Waals surface area contributed by atoms with Gasteiger partial charge in [-0.05, 0) is 39.1 Å². The summed E-state index contributed by atoms with van der Waals surface area (Å²) in [7, 11) is 0.579. The van der Waals surface area contributed by atoms with Crippen LogP contribution in [0.4, 0.5) is 5.69 Å².